The van der Waals surface area contributed by atoms with Crippen molar-refractivity contribution in [2.75, 3.05) is 20.1 Å². The Kier molecular flexibility index (Phi) is 4.17. The third kappa shape index (κ3) is 3.20. The molecule has 8 heteroatoms. The van der Waals surface area contributed by atoms with Crippen molar-refractivity contribution in [1.29, 1.82) is 0 Å². The van der Waals surface area contributed by atoms with Crippen LogP contribution in [0.4, 0.5) is 0 Å². The molecule has 112 valence electrons. The number of piperidine rings is 1. The lowest BCUT2D eigenvalue weighted by molar-refractivity contribution is 0.0656. The van der Waals surface area contributed by atoms with Crippen LogP contribution in [0.5, 0.6) is 0 Å². The van der Waals surface area contributed by atoms with Gasteiger partial charge in [-0.3, -0.25) is 0 Å². The van der Waals surface area contributed by atoms with Crippen LogP contribution in [-0.4, -0.2) is 50.6 Å². The van der Waals surface area contributed by atoms with E-state index in [2.05, 4.69) is 9.62 Å². The van der Waals surface area contributed by atoms with Gasteiger partial charge in [-0.1, -0.05) is 6.92 Å². The summed E-state index contributed by atoms with van der Waals surface area (Å²) < 4.78 is 31.7. The van der Waals surface area contributed by atoms with Crippen molar-refractivity contribution in [1.82, 2.24) is 9.62 Å². The lowest BCUT2D eigenvalue weighted by Gasteiger charge is -2.34. The Labute approximate surface area is 117 Å². The van der Waals surface area contributed by atoms with Gasteiger partial charge in [-0.05, 0) is 38.1 Å². The Morgan fingerprint density at radius 2 is 2.20 bits per heavy atom. The van der Waals surface area contributed by atoms with E-state index in [9.17, 15) is 13.2 Å². The summed E-state index contributed by atoms with van der Waals surface area (Å²) in [7, 11) is -1.83. The molecule has 0 saturated carbocycles. The number of hydrogen-bond acceptors (Lipinski definition) is 5. The van der Waals surface area contributed by atoms with Gasteiger partial charge in [-0.2, -0.15) is 0 Å². The first-order chi connectivity index (χ1) is 9.29. The summed E-state index contributed by atoms with van der Waals surface area (Å²) in [6.45, 7) is 3.61. The van der Waals surface area contributed by atoms with Crippen molar-refractivity contribution < 1.29 is 22.7 Å². The van der Waals surface area contributed by atoms with Gasteiger partial charge < -0.3 is 14.4 Å². The molecule has 1 aromatic rings. The molecule has 20 heavy (non-hydrogen) atoms. The zero-order chi connectivity index (χ0) is 14.9. The lowest BCUT2D eigenvalue weighted by Crippen LogP contribution is -2.48. The average molecular weight is 302 g/mol. The van der Waals surface area contributed by atoms with Crippen LogP contribution < -0.4 is 4.72 Å². The van der Waals surface area contributed by atoms with Gasteiger partial charge in [-0.15, -0.1) is 0 Å². The van der Waals surface area contributed by atoms with Gasteiger partial charge in [0.1, 0.15) is 0 Å². The number of rotatable bonds is 4. The summed E-state index contributed by atoms with van der Waals surface area (Å²) in [6.07, 6.45) is 0.712. The van der Waals surface area contributed by atoms with Crippen LogP contribution in [0.2, 0.25) is 0 Å². The normalized spacial score (nSPS) is 24.7. The highest BCUT2D eigenvalue weighted by Gasteiger charge is 2.30. The first-order valence-corrected chi connectivity index (χ1v) is 7.82. The Morgan fingerprint density at radius 3 is 2.75 bits per heavy atom. The minimum Gasteiger partial charge on any atom is -0.475 e. The molecule has 1 aromatic heterocycles. The van der Waals surface area contributed by atoms with Crippen LogP contribution in [-0.2, 0) is 10.0 Å². The number of furan rings is 1. The van der Waals surface area contributed by atoms with E-state index in [0.29, 0.717) is 6.42 Å². The minimum atomic E-state index is -3.82. The zero-order valence-corrected chi connectivity index (χ0v) is 12.2. The number of nitrogens with zero attached hydrogens (tertiary/aromatic N) is 1. The molecule has 0 bridgehead atoms. The number of carboxylic acids is 1. The predicted molar refractivity (Wildman–Crippen MR) is 71.1 cm³/mol. The van der Waals surface area contributed by atoms with Crippen molar-refractivity contribution in [3.05, 3.63) is 17.9 Å². The fourth-order valence-corrected chi connectivity index (χ4v) is 3.68. The number of nitrogens with one attached hydrogen (secondary N) is 1. The molecule has 1 fully saturated rings. The summed E-state index contributed by atoms with van der Waals surface area (Å²) in [4.78, 5) is 12.8. The lowest BCUT2D eigenvalue weighted by atomic mass is 9.95. The fourth-order valence-electron chi connectivity index (χ4n) is 2.37. The van der Waals surface area contributed by atoms with E-state index in [1.165, 1.54) is 0 Å². The predicted octanol–water partition coefficient (Wildman–Crippen LogP) is 0.596. The van der Waals surface area contributed by atoms with Crippen LogP contribution in [0, 0.1) is 5.92 Å². The second-order valence-corrected chi connectivity index (χ2v) is 6.82. The molecule has 2 rings (SSSR count). The number of carboxylic acid groups (broad SMARTS) is 1. The standard InChI is InChI=1S/C12H18N2O5S/c1-8-7-14(2)6-5-9(8)13-20(17,18)11-4-3-10(19-11)12(15)16/h3-4,8-9,13H,5-7H2,1-2H3,(H,15,16). The first-order valence-electron chi connectivity index (χ1n) is 6.33. The second-order valence-electron chi connectivity index (χ2n) is 5.18. The van der Waals surface area contributed by atoms with E-state index in [4.69, 9.17) is 9.52 Å². The SMILES string of the molecule is CC1CN(C)CCC1NS(=O)(=O)c1ccc(C(=O)O)o1. The van der Waals surface area contributed by atoms with Gasteiger partial charge in [-0.25, -0.2) is 17.9 Å². The van der Waals surface area contributed by atoms with E-state index < -0.39 is 16.0 Å². The molecule has 0 radical (unpaired) electrons. The molecule has 7 nitrogen and oxygen atoms in total. The summed E-state index contributed by atoms with van der Waals surface area (Å²) >= 11 is 0. The van der Waals surface area contributed by atoms with Crippen molar-refractivity contribution in [2.45, 2.75) is 24.5 Å². The van der Waals surface area contributed by atoms with E-state index in [1.807, 2.05) is 14.0 Å². The average Bonchev–Trinajstić information content (AvgIpc) is 2.83. The molecule has 2 unspecified atom stereocenters. The zero-order valence-electron chi connectivity index (χ0n) is 11.4. The highest BCUT2D eigenvalue weighted by molar-refractivity contribution is 7.89. The number of carbonyl (C=O) groups is 1. The van der Waals surface area contributed by atoms with Gasteiger partial charge in [0, 0.05) is 12.6 Å². The van der Waals surface area contributed by atoms with E-state index in [-0.39, 0.29) is 22.8 Å². The van der Waals surface area contributed by atoms with Gasteiger partial charge in [0.2, 0.25) is 10.9 Å². The Bertz CT molecular complexity index is 595. The molecule has 2 heterocycles. The molecule has 1 saturated heterocycles. The van der Waals surface area contributed by atoms with Crippen molar-refractivity contribution >= 4 is 16.0 Å². The monoisotopic (exact) mass is 302 g/mol. The molecule has 1 aliphatic heterocycles. The van der Waals surface area contributed by atoms with Crippen LogP contribution in [0.1, 0.15) is 23.9 Å². The molecule has 0 spiro atoms. The topological polar surface area (TPSA) is 99.9 Å². The Balaban J connectivity index is 2.12. The Morgan fingerprint density at radius 1 is 1.50 bits per heavy atom. The fraction of sp³-hybridized carbons (Fsp3) is 0.583. The van der Waals surface area contributed by atoms with Gasteiger partial charge in [0.05, 0.1) is 0 Å². The molecular weight excluding hydrogens is 284 g/mol. The number of hydrogen-bond donors (Lipinski definition) is 2. The summed E-state index contributed by atoms with van der Waals surface area (Å²) in [5, 5.41) is 8.38. The largest absolute Gasteiger partial charge is 0.475 e. The van der Waals surface area contributed by atoms with Crippen LogP contribution in [0.15, 0.2) is 21.6 Å². The third-order valence-corrected chi connectivity index (χ3v) is 4.83. The van der Waals surface area contributed by atoms with Crippen molar-refractivity contribution in [3.63, 3.8) is 0 Å². The quantitative estimate of drug-likeness (QED) is 0.844. The van der Waals surface area contributed by atoms with Crippen molar-refractivity contribution in [2.24, 2.45) is 5.92 Å². The van der Waals surface area contributed by atoms with E-state index in [0.717, 1.165) is 25.2 Å². The van der Waals surface area contributed by atoms with Gasteiger partial charge >= 0.3 is 5.97 Å². The van der Waals surface area contributed by atoms with Gasteiger partial charge in [0.25, 0.3) is 10.0 Å². The summed E-state index contributed by atoms with van der Waals surface area (Å²) in [6, 6.07) is 2.12. The number of likely N-dealkylation sites (tertiary alicyclic amines) is 1. The molecule has 1 aliphatic rings. The highest BCUT2D eigenvalue weighted by atomic mass is 32.2. The maximum absolute atomic E-state index is 12.2. The number of aromatic carboxylic acids is 1. The maximum Gasteiger partial charge on any atom is 0.371 e. The van der Waals surface area contributed by atoms with Crippen LogP contribution in [0.25, 0.3) is 0 Å². The molecule has 0 aliphatic carbocycles. The van der Waals surface area contributed by atoms with Crippen molar-refractivity contribution in [3.8, 4) is 0 Å². The number of sulfonamides is 1. The molecule has 0 amide bonds. The van der Waals surface area contributed by atoms with Crippen LogP contribution >= 0.6 is 0 Å². The van der Waals surface area contributed by atoms with Crippen LogP contribution in [0.3, 0.4) is 0 Å². The molecular formula is C12H18N2O5S. The Hall–Kier alpha value is -1.38. The molecule has 2 N–H and O–H groups in total. The molecule has 2 atom stereocenters. The smallest absolute Gasteiger partial charge is 0.371 e. The van der Waals surface area contributed by atoms with E-state index >= 15 is 0 Å². The minimum absolute atomic E-state index is 0.172. The first kappa shape index (κ1) is 15.0. The second kappa shape index (κ2) is 5.55. The third-order valence-electron chi connectivity index (χ3n) is 3.47. The van der Waals surface area contributed by atoms with Gasteiger partial charge in [0.15, 0.2) is 0 Å². The maximum atomic E-state index is 12.2. The van der Waals surface area contributed by atoms with E-state index in [1.54, 1.807) is 0 Å². The summed E-state index contributed by atoms with van der Waals surface area (Å²) in [5.41, 5.74) is 0. The highest BCUT2D eigenvalue weighted by Crippen LogP contribution is 2.20. The molecule has 0 aromatic carbocycles. The summed E-state index contributed by atoms with van der Waals surface area (Å²) in [5.74, 6) is -1.50.